The van der Waals surface area contributed by atoms with Crippen LogP contribution in [0.5, 0.6) is 5.75 Å². The lowest BCUT2D eigenvalue weighted by Gasteiger charge is -2.18. The van der Waals surface area contributed by atoms with Gasteiger partial charge in [0.05, 0.1) is 12.1 Å². The molecule has 7 heteroatoms. The van der Waals surface area contributed by atoms with E-state index in [0.29, 0.717) is 18.8 Å². The Morgan fingerprint density at radius 1 is 1.17 bits per heavy atom. The number of hydrogen-bond acceptors (Lipinski definition) is 4. The Morgan fingerprint density at radius 2 is 1.90 bits per heavy atom. The number of ether oxygens (including phenoxy) is 1. The van der Waals surface area contributed by atoms with Gasteiger partial charge in [0.15, 0.2) is 5.65 Å². The largest absolute Gasteiger partial charge is 0.494 e. The molecule has 4 rings (SSSR count). The third-order valence-corrected chi connectivity index (χ3v) is 5.14. The Bertz CT molecular complexity index is 1270. The molecule has 2 aromatic carbocycles. The quantitative estimate of drug-likeness (QED) is 0.535. The van der Waals surface area contributed by atoms with Crippen LogP contribution in [0.4, 0.5) is 0 Å². The molecule has 0 unspecified atom stereocenters. The van der Waals surface area contributed by atoms with E-state index in [1.165, 1.54) is 6.07 Å². The average Bonchev–Trinajstić information content (AvgIpc) is 3.07. The molecule has 30 heavy (non-hydrogen) atoms. The van der Waals surface area contributed by atoms with Gasteiger partial charge < -0.3 is 10.1 Å². The second-order valence-corrected chi connectivity index (χ2v) is 7.20. The van der Waals surface area contributed by atoms with Gasteiger partial charge in [-0.1, -0.05) is 24.3 Å². The van der Waals surface area contributed by atoms with Gasteiger partial charge >= 0.3 is 0 Å². The van der Waals surface area contributed by atoms with Crippen LogP contribution in [0.1, 0.15) is 31.1 Å². The van der Waals surface area contributed by atoms with Crippen molar-refractivity contribution in [3.63, 3.8) is 0 Å². The second-order valence-electron chi connectivity index (χ2n) is 7.20. The number of hydrogen-bond donors (Lipinski definition) is 1. The highest BCUT2D eigenvalue weighted by Gasteiger charge is 2.22. The van der Waals surface area contributed by atoms with E-state index in [9.17, 15) is 9.59 Å². The Labute approximate surface area is 173 Å². The standard InChI is InChI=1S/C23H24N4O3/c1-4-30-18-11-9-17(10-12-18)14-24-23(29)16(3)27-20-8-6-5-7-19(20)22-25-21(28)13-15(2)26(22)27/h5-13,16H,4,14H2,1-3H3,(H,24,29)/t16-/m1/s1. The molecule has 0 saturated carbocycles. The zero-order chi connectivity index (χ0) is 21.3. The summed E-state index contributed by atoms with van der Waals surface area (Å²) in [4.78, 5) is 29.1. The molecule has 7 nitrogen and oxygen atoms in total. The number of benzene rings is 2. The van der Waals surface area contributed by atoms with Crippen LogP contribution in [0.3, 0.4) is 0 Å². The third-order valence-electron chi connectivity index (χ3n) is 5.14. The molecule has 0 bridgehead atoms. The first kappa shape index (κ1) is 19.7. The smallest absolute Gasteiger partial charge is 0.273 e. The fourth-order valence-corrected chi connectivity index (χ4v) is 3.71. The first-order valence-corrected chi connectivity index (χ1v) is 9.98. The summed E-state index contributed by atoms with van der Waals surface area (Å²) in [5, 5.41) is 3.84. The minimum absolute atomic E-state index is 0.121. The molecule has 2 aromatic heterocycles. The Morgan fingerprint density at radius 3 is 2.63 bits per heavy atom. The predicted octanol–water partition coefficient (Wildman–Crippen LogP) is 3.23. The maximum Gasteiger partial charge on any atom is 0.273 e. The van der Waals surface area contributed by atoms with Crippen molar-refractivity contribution >= 4 is 22.5 Å². The zero-order valence-electron chi connectivity index (χ0n) is 17.3. The number of fused-ring (bicyclic) bond motifs is 3. The summed E-state index contributed by atoms with van der Waals surface area (Å²) < 4.78 is 9.18. The Balaban J connectivity index is 1.64. The van der Waals surface area contributed by atoms with Crippen LogP contribution in [0, 0.1) is 6.92 Å². The number of carbonyl (C=O) groups excluding carboxylic acids is 1. The van der Waals surface area contributed by atoms with Gasteiger partial charge in [-0.2, -0.15) is 4.98 Å². The minimum Gasteiger partial charge on any atom is -0.494 e. The molecule has 0 saturated heterocycles. The summed E-state index contributed by atoms with van der Waals surface area (Å²) in [7, 11) is 0. The van der Waals surface area contributed by atoms with Crippen LogP contribution in [0.15, 0.2) is 59.4 Å². The summed E-state index contributed by atoms with van der Waals surface area (Å²) in [6.07, 6.45) is 0. The summed E-state index contributed by atoms with van der Waals surface area (Å²) in [6.45, 7) is 6.66. The summed E-state index contributed by atoms with van der Waals surface area (Å²) in [5.41, 5.74) is 2.84. The van der Waals surface area contributed by atoms with E-state index in [1.807, 2.05) is 78.5 Å². The maximum absolute atomic E-state index is 13.0. The van der Waals surface area contributed by atoms with Crippen molar-refractivity contribution in [2.45, 2.75) is 33.4 Å². The lowest BCUT2D eigenvalue weighted by atomic mass is 10.2. The van der Waals surface area contributed by atoms with E-state index >= 15 is 0 Å². The molecule has 2 heterocycles. The van der Waals surface area contributed by atoms with E-state index in [4.69, 9.17) is 4.74 Å². The second kappa shape index (κ2) is 8.02. The number of rotatable bonds is 6. The maximum atomic E-state index is 13.0. The molecule has 1 N–H and O–H groups in total. The number of nitrogens with one attached hydrogen (secondary N) is 1. The van der Waals surface area contributed by atoms with Gasteiger partial charge in [0.1, 0.15) is 11.8 Å². The monoisotopic (exact) mass is 404 g/mol. The highest BCUT2D eigenvalue weighted by atomic mass is 16.5. The van der Waals surface area contributed by atoms with Crippen LogP contribution in [0.2, 0.25) is 0 Å². The third kappa shape index (κ3) is 3.54. The number of amides is 1. The van der Waals surface area contributed by atoms with E-state index in [1.54, 1.807) is 0 Å². The molecular formula is C23H24N4O3. The van der Waals surface area contributed by atoms with E-state index in [-0.39, 0.29) is 11.5 Å². The number of carbonyl (C=O) groups is 1. The molecule has 4 aromatic rings. The van der Waals surface area contributed by atoms with Crippen molar-refractivity contribution in [1.82, 2.24) is 19.5 Å². The number of nitrogens with zero attached hydrogens (tertiary/aromatic N) is 3. The fourth-order valence-electron chi connectivity index (χ4n) is 3.71. The van der Waals surface area contributed by atoms with E-state index in [2.05, 4.69) is 10.3 Å². The molecule has 1 atom stereocenters. The van der Waals surface area contributed by atoms with Crippen molar-refractivity contribution in [2.24, 2.45) is 0 Å². The zero-order valence-corrected chi connectivity index (χ0v) is 17.3. The van der Waals surface area contributed by atoms with Crippen LogP contribution in [-0.2, 0) is 11.3 Å². The highest BCUT2D eigenvalue weighted by Crippen LogP contribution is 2.25. The number of aromatic nitrogens is 3. The number of aryl methyl sites for hydroxylation is 1. The van der Waals surface area contributed by atoms with Crippen LogP contribution < -0.4 is 15.6 Å². The topological polar surface area (TPSA) is 77.6 Å². The van der Waals surface area contributed by atoms with E-state index in [0.717, 1.165) is 27.9 Å². The van der Waals surface area contributed by atoms with Gasteiger partial charge in [-0.25, -0.2) is 4.52 Å². The average molecular weight is 404 g/mol. The fraction of sp³-hybridized carbons (Fsp3) is 0.261. The Kier molecular flexibility index (Phi) is 5.27. The van der Waals surface area contributed by atoms with Crippen molar-refractivity contribution < 1.29 is 9.53 Å². The molecule has 0 fully saturated rings. The highest BCUT2D eigenvalue weighted by molar-refractivity contribution is 5.94. The van der Waals surface area contributed by atoms with Gasteiger partial charge in [0.2, 0.25) is 5.91 Å². The first-order valence-electron chi connectivity index (χ1n) is 9.98. The van der Waals surface area contributed by atoms with Crippen molar-refractivity contribution in [1.29, 1.82) is 0 Å². The van der Waals surface area contributed by atoms with Crippen molar-refractivity contribution in [2.75, 3.05) is 6.61 Å². The van der Waals surface area contributed by atoms with Gasteiger partial charge in [-0.05, 0) is 50.6 Å². The van der Waals surface area contributed by atoms with Gasteiger partial charge in [0, 0.05) is 23.7 Å². The van der Waals surface area contributed by atoms with E-state index < -0.39 is 6.04 Å². The summed E-state index contributed by atoms with van der Waals surface area (Å²) in [5.74, 6) is 0.688. The normalized spacial score (nSPS) is 12.2. The molecule has 154 valence electrons. The molecule has 0 aliphatic carbocycles. The van der Waals surface area contributed by atoms with Crippen molar-refractivity contribution in [3.05, 3.63) is 76.2 Å². The minimum atomic E-state index is -0.502. The molecular weight excluding hydrogens is 380 g/mol. The summed E-state index contributed by atoms with van der Waals surface area (Å²) >= 11 is 0. The summed E-state index contributed by atoms with van der Waals surface area (Å²) in [6, 6.07) is 16.3. The van der Waals surface area contributed by atoms with Crippen LogP contribution in [0.25, 0.3) is 16.6 Å². The van der Waals surface area contributed by atoms with Crippen LogP contribution >= 0.6 is 0 Å². The molecule has 0 radical (unpaired) electrons. The van der Waals surface area contributed by atoms with Crippen molar-refractivity contribution in [3.8, 4) is 5.75 Å². The molecule has 1 amide bonds. The molecule has 0 aliphatic rings. The SMILES string of the molecule is CCOc1ccc(CNC(=O)[C@@H](C)n2c3ccccc3c3nc(=O)cc(C)n32)cc1. The van der Waals surface area contributed by atoms with Gasteiger partial charge in [0.25, 0.3) is 5.56 Å². The van der Waals surface area contributed by atoms with Gasteiger partial charge in [-0.3, -0.25) is 14.3 Å². The molecule has 0 spiro atoms. The van der Waals surface area contributed by atoms with Crippen LogP contribution in [-0.4, -0.2) is 26.7 Å². The lowest BCUT2D eigenvalue weighted by molar-refractivity contribution is -0.124. The lowest BCUT2D eigenvalue weighted by Crippen LogP contribution is -2.32. The first-order chi connectivity index (χ1) is 14.5. The predicted molar refractivity (Wildman–Crippen MR) is 116 cm³/mol. The Hall–Kier alpha value is -3.61. The van der Waals surface area contributed by atoms with Gasteiger partial charge in [-0.15, -0.1) is 0 Å². The number of para-hydroxylation sites is 1. The molecule has 0 aliphatic heterocycles.